The highest BCUT2D eigenvalue weighted by Gasteiger charge is 2.19. The first-order chi connectivity index (χ1) is 11.1. The van der Waals surface area contributed by atoms with Crippen molar-refractivity contribution in [2.75, 3.05) is 11.9 Å². The standard InChI is InChI=1S/C17H15NO5/c1-3-21-17(20)15-10(2)12-9-11(6-7-13(12)23-15)18-16(19)14-5-4-8-22-14/h4-9H,3H2,1-2H3,(H,18,19). The van der Waals surface area contributed by atoms with Crippen LogP contribution in [0.15, 0.2) is 45.4 Å². The quantitative estimate of drug-likeness (QED) is 0.742. The number of fused-ring (bicyclic) bond motifs is 1. The van der Waals surface area contributed by atoms with Crippen molar-refractivity contribution in [3.63, 3.8) is 0 Å². The molecule has 2 heterocycles. The SMILES string of the molecule is CCOC(=O)c1oc2ccc(NC(=O)c3ccco3)cc2c1C. The van der Waals surface area contributed by atoms with E-state index in [1.54, 1.807) is 44.2 Å². The van der Waals surface area contributed by atoms with Crippen molar-refractivity contribution in [2.45, 2.75) is 13.8 Å². The van der Waals surface area contributed by atoms with E-state index in [0.29, 0.717) is 16.8 Å². The zero-order valence-electron chi connectivity index (χ0n) is 12.7. The van der Waals surface area contributed by atoms with E-state index < -0.39 is 5.97 Å². The molecule has 0 aliphatic heterocycles. The molecule has 23 heavy (non-hydrogen) atoms. The third-order valence-electron chi connectivity index (χ3n) is 3.40. The van der Waals surface area contributed by atoms with Crippen molar-refractivity contribution in [3.8, 4) is 0 Å². The first-order valence-electron chi connectivity index (χ1n) is 7.15. The maximum absolute atomic E-state index is 12.0. The highest BCUT2D eigenvalue weighted by Crippen LogP contribution is 2.28. The summed E-state index contributed by atoms with van der Waals surface area (Å²) in [6.45, 7) is 3.79. The van der Waals surface area contributed by atoms with Crippen molar-refractivity contribution >= 4 is 28.5 Å². The summed E-state index contributed by atoms with van der Waals surface area (Å²) in [4.78, 5) is 23.8. The number of amides is 1. The van der Waals surface area contributed by atoms with E-state index in [-0.39, 0.29) is 24.0 Å². The van der Waals surface area contributed by atoms with Gasteiger partial charge in [0.1, 0.15) is 5.58 Å². The first-order valence-corrected chi connectivity index (χ1v) is 7.15. The molecule has 6 nitrogen and oxygen atoms in total. The molecule has 1 aromatic carbocycles. The van der Waals surface area contributed by atoms with Gasteiger partial charge in [-0.15, -0.1) is 0 Å². The smallest absolute Gasteiger partial charge is 0.374 e. The van der Waals surface area contributed by atoms with Crippen LogP contribution in [0.3, 0.4) is 0 Å². The first kappa shape index (κ1) is 14.9. The van der Waals surface area contributed by atoms with Crippen LogP contribution in [0.4, 0.5) is 5.69 Å². The van der Waals surface area contributed by atoms with Gasteiger partial charge in [0.2, 0.25) is 5.76 Å². The molecule has 0 aliphatic carbocycles. The molecule has 3 aromatic rings. The van der Waals surface area contributed by atoms with Crippen LogP contribution in [0.5, 0.6) is 0 Å². The Balaban J connectivity index is 1.91. The molecule has 0 bridgehead atoms. The lowest BCUT2D eigenvalue weighted by atomic mass is 10.1. The molecule has 6 heteroatoms. The van der Waals surface area contributed by atoms with Crippen molar-refractivity contribution in [2.24, 2.45) is 0 Å². The number of carbonyl (C=O) groups excluding carboxylic acids is 2. The highest BCUT2D eigenvalue weighted by atomic mass is 16.5. The molecule has 0 aliphatic rings. The molecular formula is C17H15NO5. The summed E-state index contributed by atoms with van der Waals surface area (Å²) in [5, 5.41) is 3.48. The fraction of sp³-hybridized carbons (Fsp3) is 0.176. The molecular weight excluding hydrogens is 298 g/mol. The largest absolute Gasteiger partial charge is 0.460 e. The van der Waals surface area contributed by atoms with E-state index in [1.165, 1.54) is 6.26 Å². The fourth-order valence-corrected chi connectivity index (χ4v) is 2.29. The molecule has 0 saturated carbocycles. The topological polar surface area (TPSA) is 81.7 Å². The van der Waals surface area contributed by atoms with Gasteiger partial charge in [-0.05, 0) is 44.2 Å². The van der Waals surface area contributed by atoms with Gasteiger partial charge in [-0.3, -0.25) is 4.79 Å². The van der Waals surface area contributed by atoms with Crippen LogP contribution in [0.25, 0.3) is 11.0 Å². The number of hydrogen-bond acceptors (Lipinski definition) is 5. The van der Waals surface area contributed by atoms with E-state index in [9.17, 15) is 9.59 Å². The van der Waals surface area contributed by atoms with Crippen LogP contribution in [-0.2, 0) is 4.74 Å². The third-order valence-corrected chi connectivity index (χ3v) is 3.40. The second-order valence-corrected chi connectivity index (χ2v) is 4.92. The Labute approximate surface area is 132 Å². The van der Waals surface area contributed by atoms with E-state index in [2.05, 4.69) is 5.32 Å². The summed E-state index contributed by atoms with van der Waals surface area (Å²) >= 11 is 0. The normalized spacial score (nSPS) is 10.7. The van der Waals surface area contributed by atoms with Gasteiger partial charge < -0.3 is 18.9 Å². The predicted molar refractivity (Wildman–Crippen MR) is 83.6 cm³/mol. The number of furan rings is 2. The minimum absolute atomic E-state index is 0.177. The van der Waals surface area contributed by atoms with Crippen molar-refractivity contribution in [3.05, 3.63) is 53.7 Å². The summed E-state index contributed by atoms with van der Waals surface area (Å²) in [5.74, 6) is -0.443. The third kappa shape index (κ3) is 2.83. The molecule has 118 valence electrons. The summed E-state index contributed by atoms with van der Waals surface area (Å²) in [6.07, 6.45) is 1.43. The average Bonchev–Trinajstić information content (AvgIpc) is 3.16. The molecule has 1 amide bonds. The van der Waals surface area contributed by atoms with Crippen LogP contribution in [0.2, 0.25) is 0 Å². The highest BCUT2D eigenvalue weighted by molar-refractivity contribution is 6.04. The molecule has 3 rings (SSSR count). The van der Waals surface area contributed by atoms with Crippen LogP contribution in [-0.4, -0.2) is 18.5 Å². The van der Waals surface area contributed by atoms with E-state index >= 15 is 0 Å². The maximum atomic E-state index is 12.0. The van der Waals surface area contributed by atoms with Crippen molar-refractivity contribution in [1.82, 2.24) is 0 Å². The van der Waals surface area contributed by atoms with Gasteiger partial charge in [0.25, 0.3) is 5.91 Å². The molecule has 0 atom stereocenters. The van der Waals surface area contributed by atoms with Crippen molar-refractivity contribution in [1.29, 1.82) is 0 Å². The van der Waals surface area contributed by atoms with Gasteiger partial charge in [-0.25, -0.2) is 4.79 Å². The van der Waals surface area contributed by atoms with Gasteiger partial charge >= 0.3 is 5.97 Å². The molecule has 2 aromatic heterocycles. The number of rotatable bonds is 4. The Morgan fingerprint density at radius 2 is 2.09 bits per heavy atom. The predicted octanol–water partition coefficient (Wildman–Crippen LogP) is 3.76. The summed E-state index contributed by atoms with van der Waals surface area (Å²) < 4.78 is 15.6. The van der Waals surface area contributed by atoms with Gasteiger partial charge in [-0.1, -0.05) is 0 Å². The van der Waals surface area contributed by atoms with Gasteiger partial charge in [0.05, 0.1) is 12.9 Å². The average molecular weight is 313 g/mol. The number of carbonyl (C=O) groups is 2. The minimum atomic E-state index is -0.498. The second-order valence-electron chi connectivity index (χ2n) is 4.92. The monoisotopic (exact) mass is 313 g/mol. The Bertz CT molecular complexity index is 861. The molecule has 0 unspecified atom stereocenters. The van der Waals surface area contributed by atoms with E-state index in [4.69, 9.17) is 13.6 Å². The number of esters is 1. The number of aryl methyl sites for hydroxylation is 1. The maximum Gasteiger partial charge on any atom is 0.374 e. The van der Waals surface area contributed by atoms with Gasteiger partial charge in [-0.2, -0.15) is 0 Å². The summed E-state index contributed by atoms with van der Waals surface area (Å²) in [5.41, 5.74) is 1.81. The second kappa shape index (κ2) is 6.00. The Hall–Kier alpha value is -3.02. The number of hydrogen-bond donors (Lipinski definition) is 1. The van der Waals surface area contributed by atoms with Crippen LogP contribution < -0.4 is 5.32 Å². The minimum Gasteiger partial charge on any atom is -0.460 e. The van der Waals surface area contributed by atoms with Crippen molar-refractivity contribution < 1.29 is 23.2 Å². The molecule has 0 radical (unpaired) electrons. The van der Waals surface area contributed by atoms with Crippen LogP contribution >= 0.6 is 0 Å². The number of anilines is 1. The van der Waals surface area contributed by atoms with Crippen LogP contribution in [0, 0.1) is 6.92 Å². The van der Waals surface area contributed by atoms with E-state index in [0.717, 1.165) is 5.39 Å². The number of ether oxygens (including phenoxy) is 1. The molecule has 0 saturated heterocycles. The molecule has 1 N–H and O–H groups in total. The molecule has 0 fully saturated rings. The molecule has 0 spiro atoms. The zero-order valence-corrected chi connectivity index (χ0v) is 12.7. The Morgan fingerprint density at radius 3 is 2.78 bits per heavy atom. The number of nitrogens with one attached hydrogen (secondary N) is 1. The summed E-state index contributed by atoms with van der Waals surface area (Å²) in [7, 11) is 0. The Kier molecular flexibility index (Phi) is 3.89. The zero-order chi connectivity index (χ0) is 16.4. The lowest BCUT2D eigenvalue weighted by Crippen LogP contribution is -2.10. The summed E-state index contributed by atoms with van der Waals surface area (Å²) in [6, 6.07) is 8.36. The van der Waals surface area contributed by atoms with Crippen LogP contribution in [0.1, 0.15) is 33.6 Å². The van der Waals surface area contributed by atoms with Gasteiger partial charge in [0, 0.05) is 16.6 Å². The van der Waals surface area contributed by atoms with E-state index in [1.807, 2.05) is 0 Å². The number of benzene rings is 1. The lowest BCUT2D eigenvalue weighted by Gasteiger charge is -2.03. The Morgan fingerprint density at radius 1 is 1.26 bits per heavy atom. The fourth-order valence-electron chi connectivity index (χ4n) is 2.29. The van der Waals surface area contributed by atoms with Gasteiger partial charge in [0.15, 0.2) is 5.76 Å². The lowest BCUT2D eigenvalue weighted by molar-refractivity contribution is 0.0491.